The first-order valence-electron chi connectivity index (χ1n) is 9.84. The lowest BCUT2D eigenvalue weighted by molar-refractivity contribution is 0.0255. The highest BCUT2D eigenvalue weighted by molar-refractivity contribution is 6.30. The summed E-state index contributed by atoms with van der Waals surface area (Å²) >= 11 is 6.21. The molecule has 7 heteroatoms. The molecule has 1 atom stereocenters. The number of aromatic nitrogens is 3. The van der Waals surface area contributed by atoms with Crippen molar-refractivity contribution in [2.75, 3.05) is 25.0 Å². The van der Waals surface area contributed by atoms with Crippen LogP contribution in [-0.2, 0) is 4.74 Å². The largest absolute Gasteiger partial charge is 0.369 e. The molecule has 1 fully saturated rings. The first kappa shape index (κ1) is 18.9. The molecule has 0 aliphatic carbocycles. The van der Waals surface area contributed by atoms with Crippen molar-refractivity contribution >= 4 is 34.1 Å². The molecule has 0 radical (unpaired) electrons. The lowest BCUT2D eigenvalue weighted by Crippen LogP contribution is -2.34. The van der Waals surface area contributed by atoms with E-state index in [2.05, 4.69) is 20.6 Å². The van der Waals surface area contributed by atoms with Crippen LogP contribution in [0.3, 0.4) is 0 Å². The maximum atomic E-state index is 6.21. The fourth-order valence-corrected chi connectivity index (χ4v) is 3.84. The summed E-state index contributed by atoms with van der Waals surface area (Å²) in [6, 6.07) is 17.7. The van der Waals surface area contributed by atoms with Gasteiger partial charge in [-0.15, -0.1) is 0 Å². The number of pyridine rings is 1. The Labute approximate surface area is 179 Å². The van der Waals surface area contributed by atoms with Gasteiger partial charge < -0.3 is 15.4 Å². The van der Waals surface area contributed by atoms with Gasteiger partial charge in [-0.2, -0.15) is 0 Å². The van der Waals surface area contributed by atoms with Gasteiger partial charge >= 0.3 is 0 Å². The number of halogens is 1. The molecule has 3 heterocycles. The van der Waals surface area contributed by atoms with Crippen LogP contribution in [0.15, 0.2) is 67.0 Å². The first-order valence-corrected chi connectivity index (χ1v) is 10.2. The zero-order chi connectivity index (χ0) is 20.3. The summed E-state index contributed by atoms with van der Waals surface area (Å²) in [5.41, 5.74) is 4.56. The molecule has 0 spiro atoms. The predicted octanol–water partition coefficient (Wildman–Crippen LogP) is 4.75. The summed E-state index contributed by atoms with van der Waals surface area (Å²) in [4.78, 5) is 13.9. The van der Waals surface area contributed by atoms with E-state index in [0.29, 0.717) is 17.6 Å². The summed E-state index contributed by atoms with van der Waals surface area (Å²) in [5.74, 6) is 0.509. The Bertz CT molecular complexity index is 1190. The Kier molecular flexibility index (Phi) is 5.27. The van der Waals surface area contributed by atoms with E-state index >= 15 is 0 Å². The standard InChI is InChI=1S/C23H20ClN5O/c24-17-6-1-4-15(12-17)18-7-2-5-16-13-27-23(29-21(16)18)28-19-8-3-9-26-22(19)20-14-25-10-11-30-20/h1-9,12-13,20,25H,10-11,14H2,(H,27,28,29). The van der Waals surface area contributed by atoms with E-state index < -0.39 is 0 Å². The smallest absolute Gasteiger partial charge is 0.227 e. The molecule has 5 rings (SSSR count). The van der Waals surface area contributed by atoms with Gasteiger partial charge in [-0.05, 0) is 29.8 Å². The minimum atomic E-state index is -0.107. The Morgan fingerprint density at radius 1 is 1.07 bits per heavy atom. The van der Waals surface area contributed by atoms with Crippen molar-refractivity contribution in [2.45, 2.75) is 6.10 Å². The number of anilines is 2. The SMILES string of the molecule is Clc1cccc(-c2cccc3cnc(Nc4cccnc4C4CNCCO4)nc23)c1. The second kappa shape index (κ2) is 8.36. The molecule has 2 N–H and O–H groups in total. The zero-order valence-electron chi connectivity index (χ0n) is 16.2. The lowest BCUT2D eigenvalue weighted by atomic mass is 10.0. The topological polar surface area (TPSA) is 72.0 Å². The highest BCUT2D eigenvalue weighted by atomic mass is 35.5. The third-order valence-corrected chi connectivity index (χ3v) is 5.30. The van der Waals surface area contributed by atoms with Crippen molar-refractivity contribution in [2.24, 2.45) is 0 Å². The predicted molar refractivity (Wildman–Crippen MR) is 119 cm³/mol. The molecule has 2 aromatic heterocycles. The highest BCUT2D eigenvalue weighted by Gasteiger charge is 2.20. The van der Waals surface area contributed by atoms with Gasteiger partial charge in [0.2, 0.25) is 5.95 Å². The summed E-state index contributed by atoms with van der Waals surface area (Å²) in [5, 5.41) is 8.33. The molecule has 1 aliphatic heterocycles. The number of nitrogens with zero attached hydrogens (tertiary/aromatic N) is 3. The van der Waals surface area contributed by atoms with Crippen LogP contribution in [0.25, 0.3) is 22.0 Å². The van der Waals surface area contributed by atoms with Crippen LogP contribution in [-0.4, -0.2) is 34.6 Å². The van der Waals surface area contributed by atoms with Gasteiger partial charge in [-0.3, -0.25) is 4.98 Å². The fourth-order valence-electron chi connectivity index (χ4n) is 3.65. The Balaban J connectivity index is 1.53. The van der Waals surface area contributed by atoms with E-state index in [-0.39, 0.29) is 6.10 Å². The number of ether oxygens (including phenoxy) is 1. The van der Waals surface area contributed by atoms with E-state index in [1.165, 1.54) is 0 Å². The summed E-state index contributed by atoms with van der Waals surface area (Å²) in [6.45, 7) is 2.24. The normalized spacial score (nSPS) is 16.5. The minimum Gasteiger partial charge on any atom is -0.369 e. The number of para-hydroxylation sites is 1. The van der Waals surface area contributed by atoms with Crippen LogP contribution in [0.1, 0.15) is 11.8 Å². The van der Waals surface area contributed by atoms with Crippen molar-refractivity contribution in [3.05, 3.63) is 77.7 Å². The molecule has 6 nitrogen and oxygen atoms in total. The number of morpholine rings is 1. The number of fused-ring (bicyclic) bond motifs is 1. The first-order chi connectivity index (χ1) is 14.8. The Hall–Kier alpha value is -3.06. The van der Waals surface area contributed by atoms with Gasteiger partial charge in [0, 0.05) is 41.5 Å². The quantitative estimate of drug-likeness (QED) is 0.499. The average molecular weight is 418 g/mol. The molecule has 30 heavy (non-hydrogen) atoms. The van der Waals surface area contributed by atoms with Gasteiger partial charge in [-0.1, -0.05) is 41.9 Å². The van der Waals surface area contributed by atoms with Crippen molar-refractivity contribution < 1.29 is 4.74 Å². The van der Waals surface area contributed by atoms with Crippen LogP contribution in [0.5, 0.6) is 0 Å². The van der Waals surface area contributed by atoms with Crippen LogP contribution in [0.2, 0.25) is 5.02 Å². The number of hydrogen-bond acceptors (Lipinski definition) is 6. The number of benzene rings is 2. The van der Waals surface area contributed by atoms with Gasteiger partial charge in [0.15, 0.2) is 0 Å². The molecule has 150 valence electrons. The second-order valence-electron chi connectivity index (χ2n) is 7.07. The highest BCUT2D eigenvalue weighted by Crippen LogP contribution is 2.31. The average Bonchev–Trinajstić information content (AvgIpc) is 2.80. The molecule has 0 amide bonds. The molecule has 4 aromatic rings. The Morgan fingerprint density at radius 3 is 2.87 bits per heavy atom. The molecule has 1 aliphatic rings. The molecular formula is C23H20ClN5O. The monoisotopic (exact) mass is 417 g/mol. The van der Waals surface area contributed by atoms with Gasteiger partial charge in [0.05, 0.1) is 23.5 Å². The third-order valence-electron chi connectivity index (χ3n) is 5.06. The van der Waals surface area contributed by atoms with E-state index in [4.69, 9.17) is 21.3 Å². The number of hydrogen-bond donors (Lipinski definition) is 2. The zero-order valence-corrected chi connectivity index (χ0v) is 16.9. The fraction of sp³-hybridized carbons (Fsp3) is 0.174. The summed E-state index contributed by atoms with van der Waals surface area (Å²) in [7, 11) is 0. The van der Waals surface area contributed by atoms with Gasteiger partial charge in [-0.25, -0.2) is 9.97 Å². The number of rotatable bonds is 4. The van der Waals surface area contributed by atoms with Crippen molar-refractivity contribution in [3.8, 4) is 11.1 Å². The molecule has 0 bridgehead atoms. The van der Waals surface area contributed by atoms with Gasteiger partial charge in [0.25, 0.3) is 0 Å². The summed E-state index contributed by atoms with van der Waals surface area (Å²) < 4.78 is 5.88. The van der Waals surface area contributed by atoms with Crippen molar-refractivity contribution in [1.29, 1.82) is 0 Å². The molecule has 0 saturated carbocycles. The van der Waals surface area contributed by atoms with E-state index in [9.17, 15) is 0 Å². The van der Waals surface area contributed by atoms with Crippen LogP contribution < -0.4 is 10.6 Å². The van der Waals surface area contributed by atoms with Gasteiger partial charge in [0.1, 0.15) is 6.10 Å². The third kappa shape index (κ3) is 3.85. The van der Waals surface area contributed by atoms with E-state index in [1.807, 2.05) is 60.8 Å². The molecular weight excluding hydrogens is 398 g/mol. The van der Waals surface area contributed by atoms with E-state index in [1.54, 1.807) is 6.20 Å². The molecule has 2 aromatic carbocycles. The summed E-state index contributed by atoms with van der Waals surface area (Å²) in [6.07, 6.45) is 3.50. The maximum Gasteiger partial charge on any atom is 0.227 e. The van der Waals surface area contributed by atoms with Crippen LogP contribution in [0.4, 0.5) is 11.6 Å². The van der Waals surface area contributed by atoms with E-state index in [0.717, 1.165) is 46.5 Å². The molecule has 1 unspecified atom stereocenters. The Morgan fingerprint density at radius 2 is 2.00 bits per heavy atom. The van der Waals surface area contributed by atoms with Crippen molar-refractivity contribution in [3.63, 3.8) is 0 Å². The minimum absolute atomic E-state index is 0.107. The maximum absolute atomic E-state index is 6.21. The van der Waals surface area contributed by atoms with Crippen LogP contribution in [0, 0.1) is 0 Å². The molecule has 1 saturated heterocycles. The second-order valence-corrected chi connectivity index (χ2v) is 7.51. The van der Waals surface area contributed by atoms with Crippen LogP contribution >= 0.6 is 11.6 Å². The number of nitrogens with one attached hydrogen (secondary N) is 2. The van der Waals surface area contributed by atoms with Crippen molar-refractivity contribution in [1.82, 2.24) is 20.3 Å². The lowest BCUT2D eigenvalue weighted by Gasteiger charge is -2.24.